The molecule has 1 atom stereocenters. The van der Waals surface area contributed by atoms with Gasteiger partial charge in [-0.25, -0.2) is 4.79 Å². The van der Waals surface area contributed by atoms with Crippen molar-refractivity contribution in [2.24, 2.45) is 5.92 Å². The van der Waals surface area contributed by atoms with Crippen LogP contribution in [0.5, 0.6) is 0 Å². The van der Waals surface area contributed by atoms with Gasteiger partial charge in [0.15, 0.2) is 0 Å². The van der Waals surface area contributed by atoms with E-state index >= 15 is 0 Å². The molecule has 7 nitrogen and oxygen atoms in total. The molecule has 146 valence electrons. The standard InChI is InChI=1S/C19H30N2O5/c1-5-24-10-11-25-13-15-8-7-9-16(12-15)20-18(22)17(14(3)4)21-19(23)26-6-2/h7-9,12,14,17H,5-6,10-11,13H2,1-4H3,(H,20,22)(H,21,23). The number of carbonyl (C=O) groups excluding carboxylic acids is 2. The van der Waals surface area contributed by atoms with E-state index in [4.69, 9.17) is 14.2 Å². The first kappa shape index (κ1) is 21.9. The number of rotatable bonds is 11. The number of benzene rings is 1. The zero-order chi connectivity index (χ0) is 19.4. The van der Waals surface area contributed by atoms with Gasteiger partial charge in [0, 0.05) is 12.3 Å². The van der Waals surface area contributed by atoms with Gasteiger partial charge >= 0.3 is 6.09 Å². The molecule has 1 unspecified atom stereocenters. The predicted molar refractivity (Wildman–Crippen MR) is 100 cm³/mol. The summed E-state index contributed by atoms with van der Waals surface area (Å²) in [7, 11) is 0. The first-order chi connectivity index (χ1) is 12.5. The number of hydrogen-bond acceptors (Lipinski definition) is 5. The average molecular weight is 366 g/mol. The molecule has 0 bridgehead atoms. The Morgan fingerprint density at radius 2 is 1.81 bits per heavy atom. The minimum Gasteiger partial charge on any atom is -0.450 e. The quantitative estimate of drug-likeness (QED) is 0.588. The van der Waals surface area contributed by atoms with Crippen LogP contribution in [0.1, 0.15) is 33.3 Å². The Kier molecular flexibility index (Phi) is 10.3. The highest BCUT2D eigenvalue weighted by molar-refractivity contribution is 5.96. The summed E-state index contributed by atoms with van der Waals surface area (Å²) in [5, 5.41) is 5.43. The molecule has 7 heteroatoms. The first-order valence-corrected chi connectivity index (χ1v) is 8.96. The Morgan fingerprint density at radius 3 is 2.46 bits per heavy atom. The lowest BCUT2D eigenvalue weighted by Crippen LogP contribution is -2.47. The molecule has 1 rings (SSSR count). The van der Waals surface area contributed by atoms with E-state index in [0.717, 1.165) is 5.56 Å². The van der Waals surface area contributed by atoms with Gasteiger partial charge in [0.05, 0.1) is 26.4 Å². The molecular formula is C19H30N2O5. The summed E-state index contributed by atoms with van der Waals surface area (Å²) in [5.74, 6) is -0.369. The van der Waals surface area contributed by atoms with Crippen LogP contribution in [-0.2, 0) is 25.6 Å². The van der Waals surface area contributed by atoms with Crippen LogP contribution >= 0.6 is 0 Å². The lowest BCUT2D eigenvalue weighted by atomic mass is 10.0. The second-order valence-electron chi connectivity index (χ2n) is 6.03. The second-order valence-corrected chi connectivity index (χ2v) is 6.03. The molecule has 2 amide bonds. The van der Waals surface area contributed by atoms with Crippen LogP contribution < -0.4 is 10.6 Å². The molecule has 0 heterocycles. The highest BCUT2D eigenvalue weighted by Gasteiger charge is 2.24. The van der Waals surface area contributed by atoms with Gasteiger partial charge in [-0.3, -0.25) is 4.79 Å². The lowest BCUT2D eigenvalue weighted by molar-refractivity contribution is -0.119. The second kappa shape index (κ2) is 12.3. The van der Waals surface area contributed by atoms with Crippen molar-refractivity contribution in [3.8, 4) is 0 Å². The largest absolute Gasteiger partial charge is 0.450 e. The predicted octanol–water partition coefficient (Wildman–Crippen LogP) is 2.95. The Hall–Kier alpha value is -2.12. The number of anilines is 1. The molecule has 1 aromatic rings. The fraction of sp³-hybridized carbons (Fsp3) is 0.579. The van der Waals surface area contributed by atoms with Crippen LogP contribution in [0.2, 0.25) is 0 Å². The summed E-state index contributed by atoms with van der Waals surface area (Å²) < 4.78 is 15.6. The molecule has 0 aliphatic rings. The third-order valence-electron chi connectivity index (χ3n) is 3.54. The fourth-order valence-corrected chi connectivity index (χ4v) is 2.25. The molecule has 26 heavy (non-hydrogen) atoms. The van der Waals surface area contributed by atoms with Crippen LogP contribution in [0.3, 0.4) is 0 Å². The van der Waals surface area contributed by atoms with E-state index in [1.807, 2.05) is 39.0 Å². The number of alkyl carbamates (subject to hydrolysis) is 1. The van der Waals surface area contributed by atoms with Crippen molar-refractivity contribution < 1.29 is 23.8 Å². The maximum absolute atomic E-state index is 12.5. The Balaban J connectivity index is 2.60. The molecule has 2 N–H and O–H groups in total. The summed E-state index contributed by atoms with van der Waals surface area (Å²) >= 11 is 0. The maximum atomic E-state index is 12.5. The minimum atomic E-state index is -0.680. The highest BCUT2D eigenvalue weighted by atomic mass is 16.5. The maximum Gasteiger partial charge on any atom is 0.407 e. The number of hydrogen-bond donors (Lipinski definition) is 2. The van der Waals surface area contributed by atoms with Gasteiger partial charge < -0.3 is 24.8 Å². The lowest BCUT2D eigenvalue weighted by Gasteiger charge is -2.21. The summed E-state index contributed by atoms with van der Waals surface area (Å²) in [6, 6.07) is 6.73. The summed E-state index contributed by atoms with van der Waals surface area (Å²) in [6.07, 6.45) is -0.599. The fourth-order valence-electron chi connectivity index (χ4n) is 2.25. The van der Waals surface area contributed by atoms with Crippen LogP contribution in [-0.4, -0.2) is 44.5 Å². The third-order valence-corrected chi connectivity index (χ3v) is 3.54. The van der Waals surface area contributed by atoms with Crippen molar-refractivity contribution in [3.05, 3.63) is 29.8 Å². The molecular weight excluding hydrogens is 336 g/mol. The van der Waals surface area contributed by atoms with E-state index in [9.17, 15) is 9.59 Å². The van der Waals surface area contributed by atoms with Gasteiger partial charge in [0.2, 0.25) is 5.91 Å². The molecule has 0 fully saturated rings. The number of carbonyl (C=O) groups is 2. The number of amides is 2. The Morgan fingerprint density at radius 1 is 1.08 bits per heavy atom. The number of ether oxygens (including phenoxy) is 3. The molecule has 0 saturated carbocycles. The Labute approximate surface area is 155 Å². The molecule has 0 aromatic heterocycles. The van der Waals surface area contributed by atoms with Crippen LogP contribution in [0.25, 0.3) is 0 Å². The van der Waals surface area contributed by atoms with E-state index in [2.05, 4.69) is 10.6 Å². The summed E-state index contributed by atoms with van der Waals surface area (Å²) in [5.41, 5.74) is 1.59. The molecule has 0 aliphatic heterocycles. The molecule has 0 aliphatic carbocycles. The van der Waals surface area contributed by atoms with Crippen LogP contribution in [0.4, 0.5) is 10.5 Å². The van der Waals surface area contributed by atoms with Gasteiger partial charge in [-0.2, -0.15) is 0 Å². The number of nitrogens with one attached hydrogen (secondary N) is 2. The zero-order valence-electron chi connectivity index (χ0n) is 16.0. The van der Waals surface area contributed by atoms with E-state index < -0.39 is 12.1 Å². The molecule has 0 spiro atoms. The third kappa shape index (κ3) is 8.31. The van der Waals surface area contributed by atoms with Crippen LogP contribution in [0.15, 0.2) is 24.3 Å². The highest BCUT2D eigenvalue weighted by Crippen LogP contribution is 2.13. The van der Waals surface area contributed by atoms with Gasteiger partial charge in [-0.1, -0.05) is 26.0 Å². The van der Waals surface area contributed by atoms with Crippen molar-refractivity contribution in [1.29, 1.82) is 0 Å². The summed E-state index contributed by atoms with van der Waals surface area (Å²) in [4.78, 5) is 24.1. The molecule has 1 aromatic carbocycles. The van der Waals surface area contributed by atoms with E-state index in [-0.39, 0.29) is 18.4 Å². The van der Waals surface area contributed by atoms with E-state index in [1.54, 1.807) is 13.0 Å². The van der Waals surface area contributed by atoms with Gasteiger partial charge in [-0.15, -0.1) is 0 Å². The first-order valence-electron chi connectivity index (χ1n) is 8.96. The average Bonchev–Trinajstić information content (AvgIpc) is 2.59. The molecule has 0 saturated heterocycles. The molecule has 0 radical (unpaired) electrons. The van der Waals surface area contributed by atoms with E-state index in [1.165, 1.54) is 0 Å². The SMILES string of the molecule is CCOCCOCc1cccc(NC(=O)C(NC(=O)OCC)C(C)C)c1. The van der Waals surface area contributed by atoms with Crippen molar-refractivity contribution in [2.45, 2.75) is 40.3 Å². The Bertz CT molecular complexity index is 563. The minimum absolute atomic E-state index is 0.0792. The summed E-state index contributed by atoms with van der Waals surface area (Å²) in [6.45, 7) is 9.81. The van der Waals surface area contributed by atoms with Gasteiger partial charge in [-0.05, 0) is 37.5 Å². The normalized spacial score (nSPS) is 11.9. The van der Waals surface area contributed by atoms with Gasteiger partial charge in [0.25, 0.3) is 0 Å². The van der Waals surface area contributed by atoms with Crippen molar-refractivity contribution >= 4 is 17.7 Å². The van der Waals surface area contributed by atoms with Crippen molar-refractivity contribution in [1.82, 2.24) is 5.32 Å². The zero-order valence-corrected chi connectivity index (χ0v) is 16.0. The van der Waals surface area contributed by atoms with Crippen molar-refractivity contribution in [2.75, 3.05) is 31.7 Å². The van der Waals surface area contributed by atoms with E-state index in [0.29, 0.717) is 32.1 Å². The van der Waals surface area contributed by atoms with Crippen LogP contribution in [0, 0.1) is 5.92 Å². The monoisotopic (exact) mass is 366 g/mol. The topological polar surface area (TPSA) is 85.9 Å². The smallest absolute Gasteiger partial charge is 0.407 e. The van der Waals surface area contributed by atoms with Gasteiger partial charge in [0.1, 0.15) is 6.04 Å². The van der Waals surface area contributed by atoms with Crippen molar-refractivity contribution in [3.63, 3.8) is 0 Å².